The van der Waals surface area contributed by atoms with Crippen LogP contribution in [0.1, 0.15) is 10.4 Å². The Morgan fingerprint density at radius 2 is 1.50 bits per heavy atom. The summed E-state index contributed by atoms with van der Waals surface area (Å²) in [6, 6.07) is 17.5. The van der Waals surface area contributed by atoms with Crippen LogP contribution >= 0.6 is 24.8 Å². The fraction of sp³-hybridized carbons (Fsp3) is 0.0714. The van der Waals surface area contributed by atoms with E-state index >= 15 is 0 Å². The number of benzene rings is 2. The van der Waals surface area contributed by atoms with Crippen molar-refractivity contribution in [1.82, 2.24) is 0 Å². The number of Topliss-reactive ketones (excluding diaryl/α,β-unsaturated/α-hetero) is 1. The van der Waals surface area contributed by atoms with Crippen LogP contribution in [0.15, 0.2) is 54.6 Å². The van der Waals surface area contributed by atoms with Gasteiger partial charge in [-0.1, -0.05) is 48.5 Å². The molecule has 0 aliphatic heterocycles. The number of nitrogens with two attached hydrogens (primary N) is 1. The Morgan fingerprint density at radius 3 is 2.11 bits per heavy atom. The second-order valence-electron chi connectivity index (χ2n) is 3.57. The molecule has 96 valence electrons. The second kappa shape index (κ2) is 7.88. The first kappa shape index (κ1) is 16.6. The van der Waals surface area contributed by atoms with Crippen molar-refractivity contribution >= 4 is 30.6 Å². The number of rotatable bonds is 3. The van der Waals surface area contributed by atoms with Crippen LogP contribution in [-0.4, -0.2) is 12.3 Å². The fourth-order valence-corrected chi connectivity index (χ4v) is 1.62. The highest BCUT2D eigenvalue weighted by atomic mass is 35.5. The topological polar surface area (TPSA) is 43.1 Å². The van der Waals surface area contributed by atoms with E-state index in [0.717, 1.165) is 11.1 Å². The average molecular weight is 284 g/mol. The predicted molar refractivity (Wildman–Crippen MR) is 79.8 cm³/mol. The van der Waals surface area contributed by atoms with Crippen LogP contribution in [0, 0.1) is 0 Å². The first-order chi connectivity index (χ1) is 7.81. The number of carbonyl (C=O) groups excluding carboxylic acids is 1. The van der Waals surface area contributed by atoms with Crippen LogP contribution < -0.4 is 5.73 Å². The van der Waals surface area contributed by atoms with E-state index in [9.17, 15) is 4.79 Å². The second-order valence-corrected chi connectivity index (χ2v) is 3.57. The summed E-state index contributed by atoms with van der Waals surface area (Å²) in [4.78, 5) is 11.5. The summed E-state index contributed by atoms with van der Waals surface area (Å²) in [6.07, 6.45) is 0. The Kier molecular flexibility index (Phi) is 7.29. The lowest BCUT2D eigenvalue weighted by Gasteiger charge is -2.03. The molecule has 2 rings (SSSR count). The van der Waals surface area contributed by atoms with Crippen LogP contribution in [0.2, 0.25) is 0 Å². The van der Waals surface area contributed by atoms with Gasteiger partial charge in [0, 0.05) is 5.56 Å². The maximum atomic E-state index is 11.5. The maximum absolute atomic E-state index is 11.5. The van der Waals surface area contributed by atoms with E-state index in [2.05, 4.69) is 0 Å². The highest BCUT2D eigenvalue weighted by Crippen LogP contribution is 2.19. The molecule has 4 heteroatoms. The zero-order chi connectivity index (χ0) is 11.4. The van der Waals surface area contributed by atoms with Crippen molar-refractivity contribution in [2.45, 2.75) is 0 Å². The molecule has 0 heterocycles. The summed E-state index contributed by atoms with van der Waals surface area (Å²) >= 11 is 0. The normalized spacial score (nSPS) is 8.94. The molecule has 2 N–H and O–H groups in total. The molecule has 0 saturated heterocycles. The van der Waals surface area contributed by atoms with Crippen molar-refractivity contribution in [1.29, 1.82) is 0 Å². The van der Waals surface area contributed by atoms with Gasteiger partial charge in [0.05, 0.1) is 6.54 Å². The van der Waals surface area contributed by atoms with Gasteiger partial charge in [-0.15, -0.1) is 24.8 Å². The molecule has 0 atom stereocenters. The lowest BCUT2D eigenvalue weighted by Crippen LogP contribution is -2.13. The number of halogens is 2. The van der Waals surface area contributed by atoms with E-state index < -0.39 is 0 Å². The Hall–Kier alpha value is -1.35. The first-order valence-corrected chi connectivity index (χ1v) is 5.20. The summed E-state index contributed by atoms with van der Waals surface area (Å²) in [6.45, 7) is 0.0538. The fourth-order valence-electron chi connectivity index (χ4n) is 1.62. The van der Waals surface area contributed by atoms with Gasteiger partial charge in [-0.2, -0.15) is 0 Å². The van der Waals surface area contributed by atoms with Gasteiger partial charge in [0.1, 0.15) is 0 Å². The Bertz CT molecular complexity index is 500. The third-order valence-electron chi connectivity index (χ3n) is 2.48. The lowest BCUT2D eigenvalue weighted by molar-refractivity contribution is 0.100. The molecule has 0 aliphatic rings. The van der Waals surface area contributed by atoms with Crippen LogP contribution in [0.3, 0.4) is 0 Å². The molecule has 2 aromatic rings. The largest absolute Gasteiger partial charge is 0.324 e. The minimum absolute atomic E-state index is 0. The molecule has 0 spiro atoms. The molecule has 0 amide bonds. The zero-order valence-corrected chi connectivity index (χ0v) is 11.3. The summed E-state index contributed by atoms with van der Waals surface area (Å²) in [5, 5.41) is 0. The lowest BCUT2D eigenvalue weighted by atomic mass is 10.0. The summed E-state index contributed by atoms with van der Waals surface area (Å²) in [5.41, 5.74) is 8.16. The molecule has 0 aromatic heterocycles. The number of hydrogen-bond acceptors (Lipinski definition) is 2. The smallest absolute Gasteiger partial charge is 0.176 e. The quantitative estimate of drug-likeness (QED) is 0.878. The van der Waals surface area contributed by atoms with Crippen molar-refractivity contribution in [3.63, 3.8) is 0 Å². The van der Waals surface area contributed by atoms with Crippen molar-refractivity contribution in [2.24, 2.45) is 5.73 Å². The zero-order valence-electron chi connectivity index (χ0n) is 9.71. The van der Waals surface area contributed by atoms with Gasteiger partial charge in [-0.3, -0.25) is 4.79 Å². The van der Waals surface area contributed by atoms with Gasteiger partial charge in [0.15, 0.2) is 5.78 Å². The highest BCUT2D eigenvalue weighted by molar-refractivity contribution is 5.98. The molecular formula is C14H15Cl2NO. The van der Waals surface area contributed by atoms with Gasteiger partial charge in [0.2, 0.25) is 0 Å². The van der Waals surface area contributed by atoms with Gasteiger partial charge < -0.3 is 5.73 Å². The molecular weight excluding hydrogens is 269 g/mol. The summed E-state index contributed by atoms with van der Waals surface area (Å²) in [7, 11) is 0. The highest BCUT2D eigenvalue weighted by Gasteiger charge is 2.04. The minimum Gasteiger partial charge on any atom is -0.324 e. The molecule has 0 saturated carbocycles. The molecule has 18 heavy (non-hydrogen) atoms. The van der Waals surface area contributed by atoms with E-state index in [4.69, 9.17) is 5.73 Å². The molecule has 0 unspecified atom stereocenters. The standard InChI is InChI=1S/C14H13NO.2ClH/c15-10-14(16)13-8-4-7-12(9-13)11-5-2-1-3-6-11;;/h1-9H,10,15H2;2*1H. The van der Waals surface area contributed by atoms with E-state index in [0.29, 0.717) is 5.56 Å². The Balaban J connectivity index is 0.00000144. The third kappa shape index (κ3) is 3.84. The maximum Gasteiger partial charge on any atom is 0.176 e. The molecule has 0 aliphatic carbocycles. The van der Waals surface area contributed by atoms with Gasteiger partial charge in [0.25, 0.3) is 0 Å². The monoisotopic (exact) mass is 283 g/mol. The Labute approximate surface area is 119 Å². The average Bonchev–Trinajstić information content (AvgIpc) is 2.39. The Morgan fingerprint density at radius 1 is 0.889 bits per heavy atom. The van der Waals surface area contributed by atoms with Crippen LogP contribution in [0.25, 0.3) is 11.1 Å². The van der Waals surface area contributed by atoms with Crippen LogP contribution in [0.5, 0.6) is 0 Å². The van der Waals surface area contributed by atoms with Crippen molar-refractivity contribution in [3.8, 4) is 11.1 Å². The number of hydrogen-bond donors (Lipinski definition) is 1. The summed E-state index contributed by atoms with van der Waals surface area (Å²) < 4.78 is 0. The van der Waals surface area contributed by atoms with Crippen molar-refractivity contribution in [3.05, 3.63) is 60.2 Å². The molecule has 0 radical (unpaired) electrons. The van der Waals surface area contributed by atoms with Crippen LogP contribution in [-0.2, 0) is 0 Å². The molecule has 0 fully saturated rings. The molecule has 0 bridgehead atoms. The number of ketones is 1. The van der Waals surface area contributed by atoms with Crippen molar-refractivity contribution in [2.75, 3.05) is 6.54 Å². The van der Waals surface area contributed by atoms with Gasteiger partial charge in [-0.25, -0.2) is 0 Å². The van der Waals surface area contributed by atoms with Crippen LogP contribution in [0.4, 0.5) is 0 Å². The third-order valence-corrected chi connectivity index (χ3v) is 2.48. The molecule has 2 aromatic carbocycles. The van der Waals surface area contributed by atoms with E-state index in [-0.39, 0.29) is 37.1 Å². The SMILES string of the molecule is Cl.Cl.NCC(=O)c1cccc(-c2ccccc2)c1. The number of carbonyl (C=O) groups is 1. The predicted octanol–water partition coefficient (Wildman–Crippen LogP) is 3.34. The van der Waals surface area contributed by atoms with E-state index in [1.54, 1.807) is 6.07 Å². The first-order valence-electron chi connectivity index (χ1n) is 5.20. The van der Waals surface area contributed by atoms with E-state index in [1.807, 2.05) is 48.5 Å². The minimum atomic E-state index is -0.0298. The van der Waals surface area contributed by atoms with E-state index in [1.165, 1.54) is 0 Å². The van der Waals surface area contributed by atoms with Crippen molar-refractivity contribution < 1.29 is 4.79 Å². The summed E-state index contributed by atoms with van der Waals surface area (Å²) in [5.74, 6) is -0.0298. The van der Waals surface area contributed by atoms with Gasteiger partial charge in [-0.05, 0) is 17.2 Å². The van der Waals surface area contributed by atoms with Gasteiger partial charge >= 0.3 is 0 Å². The molecule has 2 nitrogen and oxygen atoms in total.